The highest BCUT2D eigenvalue weighted by Gasteiger charge is 2.24. The van der Waals surface area contributed by atoms with Gasteiger partial charge in [0, 0.05) is 46.8 Å². The molecule has 3 aromatic rings. The van der Waals surface area contributed by atoms with Gasteiger partial charge in [0.15, 0.2) is 0 Å². The largest absolute Gasteiger partial charge is 0.340 e. The van der Waals surface area contributed by atoms with Crippen LogP contribution in [0.5, 0.6) is 0 Å². The molecule has 0 amide bonds. The van der Waals surface area contributed by atoms with E-state index in [4.69, 9.17) is 10.1 Å². The van der Waals surface area contributed by atoms with Gasteiger partial charge in [-0.2, -0.15) is 5.10 Å². The minimum absolute atomic E-state index is 0.337. The lowest BCUT2D eigenvalue weighted by Gasteiger charge is -2.32. The van der Waals surface area contributed by atoms with Crippen molar-refractivity contribution in [2.45, 2.75) is 66.0 Å². The molecule has 4 rings (SSSR count). The number of aryl methyl sites for hydroxylation is 2. The number of nitrogens with zero attached hydrogens (tertiary/aromatic N) is 5. The Kier molecular flexibility index (Phi) is 6.55. The second-order valence-corrected chi connectivity index (χ2v) is 9.15. The fraction of sp³-hybridized carbons (Fsp3) is 0.480. The first-order chi connectivity index (χ1) is 15.3. The van der Waals surface area contributed by atoms with Crippen molar-refractivity contribution in [2.24, 2.45) is 0 Å². The Morgan fingerprint density at radius 1 is 1.12 bits per heavy atom. The Hall–Kier alpha value is -2.80. The zero-order valence-corrected chi connectivity index (χ0v) is 19.7. The van der Waals surface area contributed by atoms with Crippen LogP contribution < -0.4 is 5.32 Å². The topological polar surface area (TPSA) is 58.9 Å². The van der Waals surface area contributed by atoms with Crippen molar-refractivity contribution in [3.63, 3.8) is 0 Å². The van der Waals surface area contributed by atoms with E-state index in [1.54, 1.807) is 6.07 Å². The molecule has 1 saturated heterocycles. The molecule has 1 aliphatic rings. The van der Waals surface area contributed by atoms with Crippen molar-refractivity contribution >= 4 is 11.5 Å². The predicted octanol–water partition coefficient (Wildman–Crippen LogP) is 5.44. The van der Waals surface area contributed by atoms with Gasteiger partial charge in [-0.1, -0.05) is 0 Å². The van der Waals surface area contributed by atoms with Crippen molar-refractivity contribution < 1.29 is 4.39 Å². The molecule has 4 heterocycles. The molecule has 170 valence electrons. The average molecular weight is 437 g/mol. The first-order valence-electron chi connectivity index (χ1n) is 11.4. The van der Waals surface area contributed by atoms with Crippen LogP contribution in [0.4, 0.5) is 15.9 Å². The molecule has 0 aliphatic carbocycles. The molecule has 1 N–H and O–H groups in total. The minimum Gasteiger partial charge on any atom is -0.340 e. The number of aromatic nitrogens is 4. The van der Waals surface area contributed by atoms with Crippen LogP contribution in [0.1, 0.15) is 67.0 Å². The average Bonchev–Trinajstić information content (AvgIpc) is 3.04. The number of pyridine rings is 2. The number of anilines is 2. The van der Waals surface area contributed by atoms with Crippen LogP contribution in [0, 0.1) is 26.6 Å². The highest BCUT2D eigenvalue weighted by atomic mass is 19.1. The van der Waals surface area contributed by atoms with Gasteiger partial charge in [-0.25, -0.2) is 9.37 Å². The molecular formula is C25H33FN6. The molecule has 3 aromatic heterocycles. The lowest BCUT2D eigenvalue weighted by molar-refractivity contribution is 0.202. The molecule has 32 heavy (non-hydrogen) atoms. The highest BCUT2D eigenvalue weighted by Crippen LogP contribution is 2.31. The van der Waals surface area contributed by atoms with Crippen LogP contribution >= 0.6 is 0 Å². The second-order valence-electron chi connectivity index (χ2n) is 9.15. The molecule has 0 radical (unpaired) electrons. The van der Waals surface area contributed by atoms with Crippen LogP contribution in [0.2, 0.25) is 0 Å². The molecule has 7 heteroatoms. The quantitative estimate of drug-likeness (QED) is 0.557. The van der Waals surface area contributed by atoms with Gasteiger partial charge in [0.25, 0.3) is 0 Å². The van der Waals surface area contributed by atoms with E-state index in [9.17, 15) is 4.39 Å². The van der Waals surface area contributed by atoms with Crippen molar-refractivity contribution in [3.05, 3.63) is 64.6 Å². The summed E-state index contributed by atoms with van der Waals surface area (Å²) in [6.07, 6.45) is 3.39. The normalized spacial score (nSPS) is 15.5. The highest BCUT2D eigenvalue weighted by molar-refractivity contribution is 5.57. The second kappa shape index (κ2) is 9.36. The van der Waals surface area contributed by atoms with E-state index in [1.807, 2.05) is 13.0 Å². The number of likely N-dealkylation sites (tertiary alicyclic amines) is 1. The molecule has 6 nitrogen and oxygen atoms in total. The van der Waals surface area contributed by atoms with Crippen LogP contribution in [0.25, 0.3) is 0 Å². The molecule has 0 unspecified atom stereocenters. The van der Waals surface area contributed by atoms with Crippen molar-refractivity contribution in [1.29, 1.82) is 0 Å². The summed E-state index contributed by atoms with van der Waals surface area (Å²) >= 11 is 0. The summed E-state index contributed by atoms with van der Waals surface area (Å²) in [5.41, 5.74) is 6.83. The summed E-state index contributed by atoms with van der Waals surface area (Å²) < 4.78 is 15.3. The first kappa shape index (κ1) is 22.4. The Morgan fingerprint density at radius 2 is 1.88 bits per heavy atom. The van der Waals surface area contributed by atoms with Crippen molar-refractivity contribution in [3.8, 4) is 0 Å². The first-order valence-corrected chi connectivity index (χ1v) is 11.4. The molecule has 1 fully saturated rings. The Labute approximate surface area is 189 Å². The van der Waals surface area contributed by atoms with Crippen LogP contribution in [-0.4, -0.2) is 37.7 Å². The standard InChI is InChI=1S/C25H33FN6/c1-16(2)32-19(5)23(18(4)30-32)15-31-10-8-20(9-11-31)24-13-22(12-17(3)28-24)29-25-7-6-21(26)14-27-25/h6-7,12-14,16,20H,8-11,15H2,1-5H3,(H,27,28,29). The Morgan fingerprint density at radius 3 is 2.50 bits per heavy atom. The molecule has 0 saturated carbocycles. The third-order valence-electron chi connectivity index (χ3n) is 6.32. The number of piperidine rings is 1. The molecule has 0 atom stereocenters. The number of rotatable bonds is 6. The maximum absolute atomic E-state index is 13.1. The number of halogens is 1. The van der Waals surface area contributed by atoms with Gasteiger partial charge in [-0.15, -0.1) is 0 Å². The smallest absolute Gasteiger partial charge is 0.141 e. The maximum atomic E-state index is 13.1. The molecule has 0 spiro atoms. The van der Waals surface area contributed by atoms with Crippen molar-refractivity contribution in [2.75, 3.05) is 18.4 Å². The summed E-state index contributed by atoms with van der Waals surface area (Å²) in [5.74, 6) is 0.731. The third kappa shape index (κ3) is 4.99. The lowest BCUT2D eigenvalue weighted by Crippen LogP contribution is -2.33. The Bertz CT molecular complexity index is 1060. The van der Waals surface area contributed by atoms with Crippen molar-refractivity contribution in [1.82, 2.24) is 24.6 Å². The molecule has 1 aliphatic heterocycles. The number of hydrogen-bond acceptors (Lipinski definition) is 5. The van der Waals surface area contributed by atoms with Gasteiger partial charge in [0.05, 0.1) is 11.9 Å². The molecule has 0 aromatic carbocycles. The molecular weight excluding hydrogens is 403 g/mol. The monoisotopic (exact) mass is 436 g/mol. The summed E-state index contributed by atoms with van der Waals surface area (Å²) in [6, 6.07) is 7.55. The fourth-order valence-electron chi connectivity index (χ4n) is 4.61. The van der Waals surface area contributed by atoms with Crippen LogP contribution in [-0.2, 0) is 6.54 Å². The minimum atomic E-state index is -0.337. The zero-order chi connectivity index (χ0) is 22.8. The van der Waals surface area contributed by atoms with E-state index in [0.717, 1.165) is 55.2 Å². The van der Waals surface area contributed by atoms with Gasteiger partial charge < -0.3 is 5.32 Å². The van der Waals surface area contributed by atoms with E-state index in [2.05, 4.69) is 53.6 Å². The maximum Gasteiger partial charge on any atom is 0.141 e. The number of hydrogen-bond donors (Lipinski definition) is 1. The summed E-state index contributed by atoms with van der Waals surface area (Å²) in [7, 11) is 0. The van der Waals surface area contributed by atoms with Gasteiger partial charge >= 0.3 is 0 Å². The van der Waals surface area contributed by atoms with Crippen LogP contribution in [0.3, 0.4) is 0 Å². The summed E-state index contributed by atoms with van der Waals surface area (Å²) in [6.45, 7) is 13.7. The lowest BCUT2D eigenvalue weighted by atomic mass is 9.92. The zero-order valence-electron chi connectivity index (χ0n) is 19.7. The number of nitrogens with one attached hydrogen (secondary N) is 1. The third-order valence-corrected chi connectivity index (χ3v) is 6.32. The van der Waals surface area contributed by atoms with Gasteiger partial charge in [0.1, 0.15) is 11.6 Å². The van der Waals surface area contributed by atoms with Crippen LogP contribution in [0.15, 0.2) is 30.5 Å². The van der Waals surface area contributed by atoms with Gasteiger partial charge in [-0.05, 0) is 84.8 Å². The summed E-state index contributed by atoms with van der Waals surface area (Å²) in [4.78, 5) is 11.5. The summed E-state index contributed by atoms with van der Waals surface area (Å²) in [5, 5.41) is 8.02. The van der Waals surface area contributed by atoms with E-state index in [0.29, 0.717) is 17.8 Å². The van der Waals surface area contributed by atoms with E-state index < -0.39 is 0 Å². The predicted molar refractivity (Wildman–Crippen MR) is 126 cm³/mol. The van der Waals surface area contributed by atoms with E-state index >= 15 is 0 Å². The van der Waals surface area contributed by atoms with Gasteiger partial charge in [0.2, 0.25) is 0 Å². The van der Waals surface area contributed by atoms with E-state index in [1.165, 1.54) is 23.5 Å². The van der Waals surface area contributed by atoms with E-state index in [-0.39, 0.29) is 5.82 Å². The fourth-order valence-corrected chi connectivity index (χ4v) is 4.61. The van der Waals surface area contributed by atoms with Gasteiger partial charge in [-0.3, -0.25) is 14.6 Å². The Balaban J connectivity index is 1.41. The molecule has 0 bridgehead atoms. The SMILES string of the molecule is Cc1cc(Nc2ccc(F)cn2)cc(C2CCN(Cc3c(C)nn(C(C)C)c3C)CC2)n1.